The lowest BCUT2D eigenvalue weighted by Gasteiger charge is -2.08. The smallest absolute Gasteiger partial charge is 0.302 e. The molecular formula is C6H11O4P. The molecule has 0 fully saturated rings. The van der Waals surface area contributed by atoms with Gasteiger partial charge in [-0.2, -0.15) is 0 Å². The monoisotopic (exact) mass is 178 g/mol. The van der Waals surface area contributed by atoms with Gasteiger partial charge in [0.05, 0.1) is 13.2 Å². The molecule has 0 saturated heterocycles. The topological polar surface area (TPSA) is 55.8 Å². The second kappa shape index (κ2) is 5.27. The molecule has 0 aromatic carbocycles. The Morgan fingerprint density at radius 3 is 1.91 bits per heavy atom. The van der Waals surface area contributed by atoms with Gasteiger partial charge in [-0.05, 0) is 0 Å². The summed E-state index contributed by atoms with van der Waals surface area (Å²) >= 11 is 0. The summed E-state index contributed by atoms with van der Waals surface area (Å²) in [7, 11) is -3.87. The fourth-order valence-electron chi connectivity index (χ4n) is 0.331. The number of phosphoric acid groups is 1. The predicted octanol–water partition coefficient (Wildman–Crippen LogP) is 1.49. The summed E-state index contributed by atoms with van der Waals surface area (Å²) in [5.74, 6) is 0. The third kappa shape index (κ3) is 6.01. The molecule has 0 atom stereocenters. The molecule has 0 saturated carbocycles. The van der Waals surface area contributed by atoms with Crippen molar-refractivity contribution < 1.29 is 18.5 Å². The SMILES string of the molecule is C=CCOP(=O)(O)OCC=C. The largest absolute Gasteiger partial charge is 0.472 e. The quantitative estimate of drug-likeness (QED) is 0.494. The molecule has 1 N–H and O–H groups in total. The minimum atomic E-state index is -3.87. The Balaban J connectivity index is 3.69. The lowest BCUT2D eigenvalue weighted by molar-refractivity contribution is 0.174. The summed E-state index contributed by atoms with van der Waals surface area (Å²) in [6.07, 6.45) is 2.72. The molecule has 11 heavy (non-hydrogen) atoms. The maximum atomic E-state index is 10.7. The fourth-order valence-corrected chi connectivity index (χ4v) is 0.993. The molecule has 0 rings (SSSR count). The van der Waals surface area contributed by atoms with E-state index in [0.29, 0.717) is 0 Å². The first-order valence-corrected chi connectivity index (χ1v) is 4.45. The number of phosphoric ester groups is 1. The van der Waals surface area contributed by atoms with Crippen molar-refractivity contribution in [2.45, 2.75) is 0 Å². The van der Waals surface area contributed by atoms with Gasteiger partial charge in [0.2, 0.25) is 0 Å². The Bertz CT molecular complexity index is 161. The lowest BCUT2D eigenvalue weighted by Crippen LogP contribution is -1.94. The van der Waals surface area contributed by atoms with E-state index in [1.807, 2.05) is 0 Å². The zero-order valence-electron chi connectivity index (χ0n) is 6.10. The number of rotatable bonds is 6. The minimum Gasteiger partial charge on any atom is -0.302 e. The molecule has 0 spiro atoms. The van der Waals surface area contributed by atoms with Gasteiger partial charge in [0.25, 0.3) is 0 Å². The number of hydrogen-bond acceptors (Lipinski definition) is 3. The van der Waals surface area contributed by atoms with Crippen LogP contribution in [0.4, 0.5) is 0 Å². The molecule has 0 unspecified atom stereocenters. The molecule has 4 nitrogen and oxygen atoms in total. The Morgan fingerprint density at radius 1 is 1.27 bits per heavy atom. The van der Waals surface area contributed by atoms with Gasteiger partial charge < -0.3 is 4.89 Å². The van der Waals surface area contributed by atoms with Crippen LogP contribution in [0.2, 0.25) is 0 Å². The van der Waals surface area contributed by atoms with E-state index >= 15 is 0 Å². The van der Waals surface area contributed by atoms with Gasteiger partial charge in [-0.25, -0.2) is 4.57 Å². The summed E-state index contributed by atoms with van der Waals surface area (Å²) in [4.78, 5) is 8.79. The standard InChI is InChI=1S/C6H11O4P/c1-3-5-9-11(7,8)10-6-4-2/h3-4H,1-2,5-6H2,(H,7,8). The summed E-state index contributed by atoms with van der Waals surface area (Å²) in [5.41, 5.74) is 0. The zero-order chi connectivity index (χ0) is 8.74. The van der Waals surface area contributed by atoms with Crippen LogP contribution < -0.4 is 0 Å². The summed E-state index contributed by atoms with van der Waals surface area (Å²) < 4.78 is 19.6. The molecule has 0 radical (unpaired) electrons. The van der Waals surface area contributed by atoms with Crippen molar-refractivity contribution in [3.05, 3.63) is 25.3 Å². The van der Waals surface area contributed by atoms with Crippen LogP contribution in [0, 0.1) is 0 Å². The van der Waals surface area contributed by atoms with E-state index in [1.54, 1.807) is 0 Å². The second-order valence-corrected chi connectivity index (χ2v) is 3.09. The third-order valence-electron chi connectivity index (χ3n) is 0.711. The first kappa shape index (κ1) is 10.6. The Kier molecular flexibility index (Phi) is 5.07. The van der Waals surface area contributed by atoms with Gasteiger partial charge in [0.1, 0.15) is 0 Å². The van der Waals surface area contributed by atoms with Gasteiger partial charge in [0, 0.05) is 0 Å². The summed E-state index contributed by atoms with van der Waals surface area (Å²) in [6, 6.07) is 0. The van der Waals surface area contributed by atoms with Crippen LogP contribution in [0.15, 0.2) is 25.3 Å². The first-order chi connectivity index (χ1) is 5.12. The Hall–Kier alpha value is -0.410. The van der Waals surface area contributed by atoms with Crippen LogP contribution in [-0.2, 0) is 13.6 Å². The molecule has 0 aliphatic rings. The van der Waals surface area contributed by atoms with E-state index in [2.05, 4.69) is 22.2 Å². The molecule has 0 heterocycles. The minimum absolute atomic E-state index is 0.00901. The molecular weight excluding hydrogens is 167 g/mol. The van der Waals surface area contributed by atoms with E-state index in [0.717, 1.165) is 0 Å². The lowest BCUT2D eigenvalue weighted by atomic mass is 10.7. The average Bonchev–Trinajstić information content (AvgIpc) is 1.97. The highest BCUT2D eigenvalue weighted by Gasteiger charge is 2.18. The van der Waals surface area contributed by atoms with Crippen molar-refractivity contribution >= 4 is 7.82 Å². The van der Waals surface area contributed by atoms with Crippen molar-refractivity contribution in [2.75, 3.05) is 13.2 Å². The van der Waals surface area contributed by atoms with E-state index in [1.165, 1.54) is 12.2 Å². The average molecular weight is 178 g/mol. The van der Waals surface area contributed by atoms with Crippen molar-refractivity contribution in [3.63, 3.8) is 0 Å². The third-order valence-corrected chi connectivity index (χ3v) is 1.66. The van der Waals surface area contributed by atoms with E-state index in [9.17, 15) is 4.57 Å². The highest BCUT2D eigenvalue weighted by Crippen LogP contribution is 2.42. The van der Waals surface area contributed by atoms with E-state index in [4.69, 9.17) is 4.89 Å². The Morgan fingerprint density at radius 2 is 1.64 bits per heavy atom. The maximum Gasteiger partial charge on any atom is 0.472 e. The molecule has 64 valence electrons. The van der Waals surface area contributed by atoms with Crippen LogP contribution in [-0.4, -0.2) is 18.1 Å². The molecule has 0 aromatic rings. The van der Waals surface area contributed by atoms with Gasteiger partial charge in [-0.15, -0.1) is 13.2 Å². The first-order valence-electron chi connectivity index (χ1n) is 2.96. The van der Waals surface area contributed by atoms with Crippen molar-refractivity contribution in [3.8, 4) is 0 Å². The molecule has 0 amide bonds. The highest BCUT2D eigenvalue weighted by atomic mass is 31.2. The molecule has 0 aliphatic heterocycles. The summed E-state index contributed by atoms with van der Waals surface area (Å²) in [5, 5.41) is 0. The van der Waals surface area contributed by atoms with Crippen LogP contribution >= 0.6 is 7.82 Å². The zero-order valence-corrected chi connectivity index (χ0v) is 7.00. The Labute approximate surface area is 65.8 Å². The highest BCUT2D eigenvalue weighted by molar-refractivity contribution is 7.47. The van der Waals surface area contributed by atoms with Crippen LogP contribution in [0.1, 0.15) is 0 Å². The second-order valence-electron chi connectivity index (χ2n) is 1.64. The number of hydrogen-bond donors (Lipinski definition) is 1. The van der Waals surface area contributed by atoms with Crippen molar-refractivity contribution in [1.29, 1.82) is 0 Å². The van der Waals surface area contributed by atoms with Gasteiger partial charge in [-0.1, -0.05) is 12.2 Å². The van der Waals surface area contributed by atoms with Crippen molar-refractivity contribution in [2.24, 2.45) is 0 Å². The molecule has 5 heteroatoms. The van der Waals surface area contributed by atoms with E-state index < -0.39 is 7.82 Å². The molecule has 0 aromatic heterocycles. The van der Waals surface area contributed by atoms with Gasteiger partial charge in [0.15, 0.2) is 0 Å². The van der Waals surface area contributed by atoms with E-state index in [-0.39, 0.29) is 13.2 Å². The normalized spacial score (nSPS) is 11.0. The summed E-state index contributed by atoms with van der Waals surface area (Å²) in [6.45, 7) is 6.60. The van der Waals surface area contributed by atoms with Crippen LogP contribution in [0.25, 0.3) is 0 Å². The molecule has 0 aliphatic carbocycles. The van der Waals surface area contributed by atoms with Crippen LogP contribution in [0.3, 0.4) is 0 Å². The van der Waals surface area contributed by atoms with Gasteiger partial charge in [-0.3, -0.25) is 9.05 Å². The predicted molar refractivity (Wildman–Crippen MR) is 42.1 cm³/mol. The molecule has 0 bridgehead atoms. The van der Waals surface area contributed by atoms with Crippen molar-refractivity contribution in [1.82, 2.24) is 0 Å². The van der Waals surface area contributed by atoms with Crippen LogP contribution in [0.5, 0.6) is 0 Å². The maximum absolute atomic E-state index is 10.7. The fraction of sp³-hybridized carbons (Fsp3) is 0.333. The van der Waals surface area contributed by atoms with Gasteiger partial charge >= 0.3 is 7.82 Å².